The van der Waals surface area contributed by atoms with Crippen molar-refractivity contribution in [2.75, 3.05) is 13.1 Å². The molecule has 0 bridgehead atoms. The summed E-state index contributed by atoms with van der Waals surface area (Å²) in [7, 11) is 0. The molecule has 0 aromatic heterocycles. The summed E-state index contributed by atoms with van der Waals surface area (Å²) in [5, 5.41) is 0. The lowest BCUT2D eigenvalue weighted by molar-refractivity contribution is 0.0152. The van der Waals surface area contributed by atoms with E-state index in [1.54, 1.807) is 0 Å². The molecule has 0 aromatic carbocycles. The van der Waals surface area contributed by atoms with Crippen LogP contribution >= 0.6 is 24.0 Å². The molecule has 1 rings (SSSR count). The summed E-state index contributed by atoms with van der Waals surface area (Å²) in [4.78, 5) is 18.2. The van der Waals surface area contributed by atoms with E-state index in [-0.39, 0.29) is 42.1 Å². The van der Waals surface area contributed by atoms with Gasteiger partial charge in [-0.3, -0.25) is 4.99 Å². The van der Waals surface area contributed by atoms with Crippen molar-refractivity contribution in [3.63, 3.8) is 0 Å². The molecule has 0 unspecified atom stereocenters. The largest absolute Gasteiger partial charge is 0.444 e. The molecule has 0 aliphatic heterocycles. The molecule has 1 aliphatic rings. The summed E-state index contributed by atoms with van der Waals surface area (Å²) in [6.07, 6.45) is 6.60. The number of nitrogens with two attached hydrogens (primary N) is 2. The van der Waals surface area contributed by atoms with E-state index in [9.17, 15) is 4.79 Å². The summed E-state index contributed by atoms with van der Waals surface area (Å²) < 4.78 is 5.53. The van der Waals surface area contributed by atoms with Crippen LogP contribution in [0.15, 0.2) is 4.99 Å². The van der Waals surface area contributed by atoms with E-state index in [1.807, 2.05) is 25.7 Å². The molecule has 0 aromatic rings. The van der Waals surface area contributed by atoms with Gasteiger partial charge in [0.25, 0.3) is 0 Å². The smallest absolute Gasteiger partial charge is 0.410 e. The van der Waals surface area contributed by atoms with Crippen molar-refractivity contribution in [2.24, 2.45) is 16.5 Å². The first kappa shape index (κ1) is 21.3. The fraction of sp³-hybridized carbons (Fsp3) is 0.867. The lowest BCUT2D eigenvalue weighted by atomic mass is 10.1. The molecule has 22 heavy (non-hydrogen) atoms. The van der Waals surface area contributed by atoms with Gasteiger partial charge in [0.2, 0.25) is 0 Å². The van der Waals surface area contributed by atoms with Crippen LogP contribution in [0.25, 0.3) is 0 Å². The molecule has 1 saturated carbocycles. The van der Waals surface area contributed by atoms with Crippen LogP contribution < -0.4 is 11.5 Å². The number of halogens is 1. The van der Waals surface area contributed by atoms with Gasteiger partial charge in [0.1, 0.15) is 5.60 Å². The van der Waals surface area contributed by atoms with Crippen molar-refractivity contribution >= 4 is 36.0 Å². The first-order chi connectivity index (χ1) is 9.79. The molecule has 7 heteroatoms. The maximum absolute atomic E-state index is 12.4. The van der Waals surface area contributed by atoms with Crippen molar-refractivity contribution in [1.82, 2.24) is 4.90 Å². The van der Waals surface area contributed by atoms with E-state index in [2.05, 4.69) is 4.99 Å². The summed E-state index contributed by atoms with van der Waals surface area (Å²) >= 11 is 0. The van der Waals surface area contributed by atoms with Gasteiger partial charge >= 0.3 is 6.09 Å². The molecule has 1 fully saturated rings. The Balaban J connectivity index is 0.00000441. The fourth-order valence-corrected chi connectivity index (χ4v) is 2.60. The molecule has 0 spiro atoms. The Morgan fingerprint density at radius 3 is 2.18 bits per heavy atom. The average Bonchev–Trinajstić information content (AvgIpc) is 2.60. The van der Waals surface area contributed by atoms with Crippen LogP contribution in [-0.2, 0) is 4.74 Å². The van der Waals surface area contributed by atoms with Crippen molar-refractivity contribution in [2.45, 2.75) is 70.9 Å². The number of aliphatic imine (C=N–C) groups is 1. The summed E-state index contributed by atoms with van der Waals surface area (Å²) in [5.74, 6) is 0.0556. The van der Waals surface area contributed by atoms with E-state index >= 15 is 0 Å². The topological polar surface area (TPSA) is 93.9 Å². The van der Waals surface area contributed by atoms with Gasteiger partial charge in [-0.25, -0.2) is 4.79 Å². The molecule has 0 atom stereocenters. The van der Waals surface area contributed by atoms with Crippen molar-refractivity contribution in [3.05, 3.63) is 0 Å². The second-order valence-electron chi connectivity index (χ2n) is 6.63. The average molecular weight is 426 g/mol. The van der Waals surface area contributed by atoms with Crippen LogP contribution in [0.5, 0.6) is 0 Å². The van der Waals surface area contributed by atoms with E-state index in [0.717, 1.165) is 25.7 Å². The molecular weight excluding hydrogens is 395 g/mol. The van der Waals surface area contributed by atoms with E-state index < -0.39 is 5.60 Å². The van der Waals surface area contributed by atoms with Crippen LogP contribution in [0.3, 0.4) is 0 Å². The Morgan fingerprint density at radius 1 is 1.18 bits per heavy atom. The van der Waals surface area contributed by atoms with E-state index in [4.69, 9.17) is 16.2 Å². The molecule has 6 nitrogen and oxygen atoms in total. The molecular formula is C15H31IN4O2. The molecule has 4 N–H and O–H groups in total. The first-order valence-corrected chi connectivity index (χ1v) is 7.84. The number of nitrogens with zero attached hydrogens (tertiary/aromatic N) is 2. The van der Waals surface area contributed by atoms with Gasteiger partial charge in [0, 0.05) is 12.6 Å². The highest BCUT2D eigenvalue weighted by atomic mass is 127. The number of ether oxygens (including phenoxy) is 1. The Labute approximate surface area is 151 Å². The Kier molecular flexibility index (Phi) is 9.79. The third-order valence-electron chi connectivity index (χ3n) is 3.53. The number of rotatable bonds is 4. The number of hydrogen-bond donors (Lipinski definition) is 2. The molecule has 1 amide bonds. The standard InChI is InChI=1S/C15H30N4O2.HI/c1-15(2,3)21-14(20)19(11-10-18-13(16)17)12-8-6-4-5-7-9-12;/h12H,4-11H2,1-3H3,(H4,16,17,18);1H. The summed E-state index contributed by atoms with van der Waals surface area (Å²) in [6, 6.07) is 0.233. The summed E-state index contributed by atoms with van der Waals surface area (Å²) in [5.41, 5.74) is 10.2. The van der Waals surface area contributed by atoms with Gasteiger partial charge < -0.3 is 21.1 Å². The molecule has 0 saturated heterocycles. The quantitative estimate of drug-likeness (QED) is 0.313. The van der Waals surface area contributed by atoms with Crippen LogP contribution in [0.1, 0.15) is 59.3 Å². The fourth-order valence-electron chi connectivity index (χ4n) is 2.60. The Bertz CT molecular complexity index is 357. The third kappa shape index (κ3) is 8.65. The van der Waals surface area contributed by atoms with Gasteiger partial charge in [0.05, 0.1) is 6.54 Å². The van der Waals surface area contributed by atoms with Crippen molar-refractivity contribution < 1.29 is 9.53 Å². The SMILES string of the molecule is CC(C)(C)OC(=O)N(CCN=C(N)N)C1CCCCCC1.I. The highest BCUT2D eigenvalue weighted by molar-refractivity contribution is 14.0. The maximum atomic E-state index is 12.4. The van der Waals surface area contributed by atoms with Crippen molar-refractivity contribution in [1.29, 1.82) is 0 Å². The predicted octanol–water partition coefficient (Wildman–Crippen LogP) is 2.84. The second-order valence-corrected chi connectivity index (χ2v) is 6.63. The number of carbonyl (C=O) groups is 1. The highest BCUT2D eigenvalue weighted by Gasteiger charge is 2.28. The van der Waals surface area contributed by atoms with Crippen molar-refractivity contribution in [3.8, 4) is 0 Å². The molecule has 130 valence electrons. The molecule has 1 aliphatic carbocycles. The molecule has 0 radical (unpaired) electrons. The van der Waals surface area contributed by atoms with E-state index in [0.29, 0.717) is 13.1 Å². The van der Waals surface area contributed by atoms with Gasteiger partial charge in [-0.05, 0) is 33.6 Å². The van der Waals surface area contributed by atoms with Gasteiger partial charge in [0.15, 0.2) is 5.96 Å². The minimum atomic E-state index is -0.490. The second kappa shape index (κ2) is 10.1. The first-order valence-electron chi connectivity index (χ1n) is 7.84. The minimum absolute atomic E-state index is 0. The highest BCUT2D eigenvalue weighted by Crippen LogP contribution is 2.23. The minimum Gasteiger partial charge on any atom is -0.444 e. The third-order valence-corrected chi connectivity index (χ3v) is 3.53. The number of hydrogen-bond acceptors (Lipinski definition) is 3. The van der Waals surface area contributed by atoms with Crippen LogP contribution in [0, 0.1) is 0 Å². The number of guanidine groups is 1. The maximum Gasteiger partial charge on any atom is 0.410 e. The lowest BCUT2D eigenvalue weighted by Gasteiger charge is -2.33. The summed E-state index contributed by atoms with van der Waals surface area (Å²) in [6.45, 7) is 6.56. The Morgan fingerprint density at radius 2 is 1.73 bits per heavy atom. The van der Waals surface area contributed by atoms with Crippen LogP contribution in [-0.4, -0.2) is 41.7 Å². The van der Waals surface area contributed by atoms with Crippen LogP contribution in [0.4, 0.5) is 4.79 Å². The van der Waals surface area contributed by atoms with Gasteiger partial charge in [-0.15, -0.1) is 24.0 Å². The van der Waals surface area contributed by atoms with Crippen LogP contribution in [0.2, 0.25) is 0 Å². The van der Waals surface area contributed by atoms with E-state index in [1.165, 1.54) is 12.8 Å². The molecule has 0 heterocycles. The number of carbonyl (C=O) groups excluding carboxylic acids is 1. The van der Waals surface area contributed by atoms with Gasteiger partial charge in [-0.2, -0.15) is 0 Å². The lowest BCUT2D eigenvalue weighted by Crippen LogP contribution is -2.44. The normalized spacial score (nSPS) is 16.1. The zero-order chi connectivity index (χ0) is 15.9. The predicted molar refractivity (Wildman–Crippen MR) is 101 cm³/mol. The monoisotopic (exact) mass is 426 g/mol. The zero-order valence-electron chi connectivity index (χ0n) is 14.0. The van der Waals surface area contributed by atoms with Gasteiger partial charge in [-0.1, -0.05) is 25.7 Å². The Hall–Kier alpha value is -0.730. The number of amides is 1. The zero-order valence-corrected chi connectivity index (χ0v) is 16.3.